The minimum absolute atomic E-state index is 0.191. The van der Waals surface area contributed by atoms with E-state index in [0.717, 1.165) is 25.0 Å². The molecule has 0 unspecified atom stereocenters. The first kappa shape index (κ1) is 19.8. The van der Waals surface area contributed by atoms with Crippen LogP contribution in [0.25, 0.3) is 0 Å². The van der Waals surface area contributed by atoms with E-state index in [1.165, 1.54) is 29.5 Å². The summed E-state index contributed by atoms with van der Waals surface area (Å²) >= 11 is 0. The van der Waals surface area contributed by atoms with E-state index in [0.29, 0.717) is 43.5 Å². The molecule has 3 aliphatic carbocycles. The lowest BCUT2D eigenvalue weighted by Crippen LogP contribution is -2.44. The predicted octanol–water partition coefficient (Wildman–Crippen LogP) is 5.10. The van der Waals surface area contributed by atoms with E-state index < -0.39 is 5.79 Å². The molecule has 2 aromatic carbocycles. The van der Waals surface area contributed by atoms with Gasteiger partial charge in [-0.1, -0.05) is 36.4 Å². The SMILES string of the molecule is COc1ccc2c(c1)CC[C@@H]1[C@H]3[C@H](OCc4ccccc4)CC4(OCCO4)[C@H]3CC[C@@H]21. The van der Waals surface area contributed by atoms with Crippen molar-refractivity contribution in [3.8, 4) is 5.75 Å². The van der Waals surface area contributed by atoms with E-state index in [1.807, 2.05) is 0 Å². The molecule has 5 atom stereocenters. The third-order valence-electron chi connectivity index (χ3n) is 8.32. The van der Waals surface area contributed by atoms with Crippen molar-refractivity contribution in [3.63, 3.8) is 0 Å². The highest BCUT2D eigenvalue weighted by atomic mass is 16.7. The molecule has 3 fully saturated rings. The number of methoxy groups -OCH3 is 1. The van der Waals surface area contributed by atoms with Crippen molar-refractivity contribution in [1.29, 1.82) is 0 Å². The number of rotatable bonds is 4. The van der Waals surface area contributed by atoms with Gasteiger partial charge in [0.25, 0.3) is 0 Å². The Labute approximate surface area is 184 Å². The molecular weight excluding hydrogens is 388 g/mol. The van der Waals surface area contributed by atoms with E-state index in [-0.39, 0.29) is 6.10 Å². The maximum Gasteiger partial charge on any atom is 0.174 e. The molecule has 4 aliphatic rings. The molecule has 4 nitrogen and oxygen atoms in total. The van der Waals surface area contributed by atoms with E-state index >= 15 is 0 Å². The maximum absolute atomic E-state index is 6.64. The summed E-state index contributed by atoms with van der Waals surface area (Å²) in [4.78, 5) is 0. The van der Waals surface area contributed by atoms with Crippen molar-refractivity contribution in [1.82, 2.24) is 0 Å². The zero-order valence-corrected chi connectivity index (χ0v) is 18.3. The molecule has 1 aliphatic heterocycles. The van der Waals surface area contributed by atoms with E-state index in [2.05, 4.69) is 48.5 Å². The van der Waals surface area contributed by atoms with Gasteiger partial charge in [-0.15, -0.1) is 0 Å². The number of aryl methyl sites for hydroxylation is 1. The minimum atomic E-state index is -0.419. The average molecular weight is 421 g/mol. The normalized spacial score (nSPS) is 33.0. The van der Waals surface area contributed by atoms with Gasteiger partial charge in [-0.25, -0.2) is 0 Å². The zero-order chi connectivity index (χ0) is 20.8. The fourth-order valence-corrected chi connectivity index (χ4v) is 7.09. The lowest BCUT2D eigenvalue weighted by atomic mass is 9.60. The second-order valence-corrected chi connectivity index (χ2v) is 9.68. The molecule has 0 amide bonds. The fourth-order valence-electron chi connectivity index (χ4n) is 7.09. The van der Waals surface area contributed by atoms with Crippen LogP contribution >= 0.6 is 0 Å². The molecule has 0 bridgehead atoms. The minimum Gasteiger partial charge on any atom is -0.497 e. The Balaban J connectivity index is 1.30. The van der Waals surface area contributed by atoms with Crippen LogP contribution in [0.3, 0.4) is 0 Å². The van der Waals surface area contributed by atoms with Gasteiger partial charge >= 0.3 is 0 Å². The van der Waals surface area contributed by atoms with Gasteiger partial charge in [0.1, 0.15) is 5.75 Å². The maximum atomic E-state index is 6.64. The van der Waals surface area contributed by atoms with Crippen molar-refractivity contribution >= 4 is 0 Å². The largest absolute Gasteiger partial charge is 0.497 e. The van der Waals surface area contributed by atoms with Gasteiger partial charge in [-0.2, -0.15) is 0 Å². The van der Waals surface area contributed by atoms with Crippen molar-refractivity contribution in [2.75, 3.05) is 20.3 Å². The summed E-state index contributed by atoms with van der Waals surface area (Å²) in [6, 6.07) is 17.2. The molecule has 0 radical (unpaired) electrons. The molecular formula is C27H32O4. The van der Waals surface area contributed by atoms with Crippen molar-refractivity contribution in [3.05, 3.63) is 65.2 Å². The highest BCUT2D eigenvalue weighted by molar-refractivity contribution is 5.40. The first-order chi connectivity index (χ1) is 15.3. The zero-order valence-electron chi connectivity index (χ0n) is 18.3. The van der Waals surface area contributed by atoms with E-state index in [4.69, 9.17) is 18.9 Å². The van der Waals surface area contributed by atoms with Crippen molar-refractivity contribution in [2.24, 2.45) is 17.8 Å². The lowest BCUT2D eigenvalue weighted by Gasteiger charge is -2.47. The van der Waals surface area contributed by atoms with Crippen LogP contribution < -0.4 is 4.74 Å². The number of fused-ring (bicyclic) bond motifs is 6. The second-order valence-electron chi connectivity index (χ2n) is 9.68. The fraction of sp³-hybridized carbons (Fsp3) is 0.556. The smallest absolute Gasteiger partial charge is 0.174 e. The number of hydrogen-bond acceptors (Lipinski definition) is 4. The van der Waals surface area contributed by atoms with Gasteiger partial charge in [0.15, 0.2) is 5.79 Å². The summed E-state index contributed by atoms with van der Waals surface area (Å²) in [5, 5.41) is 0. The van der Waals surface area contributed by atoms with Gasteiger partial charge in [-0.05, 0) is 72.3 Å². The van der Waals surface area contributed by atoms with Gasteiger partial charge in [0, 0.05) is 12.3 Å². The van der Waals surface area contributed by atoms with E-state index in [1.54, 1.807) is 7.11 Å². The standard InChI is InChI=1S/C27H32O4/c1-28-20-8-10-21-19(15-20)7-9-23-22(21)11-12-24-26(23)25(16-27(24)30-13-14-31-27)29-17-18-5-3-2-4-6-18/h2-6,8,10,15,22-26H,7,9,11-14,16-17H2,1H3/t22-,23-,24-,25+,26+/m0/s1. The van der Waals surface area contributed by atoms with E-state index in [9.17, 15) is 0 Å². The van der Waals surface area contributed by atoms with Gasteiger partial charge in [-0.3, -0.25) is 0 Å². The van der Waals surface area contributed by atoms with Gasteiger partial charge in [0.05, 0.1) is 33.0 Å². The van der Waals surface area contributed by atoms with Gasteiger partial charge < -0.3 is 18.9 Å². The summed E-state index contributed by atoms with van der Waals surface area (Å²) in [6.07, 6.45) is 5.77. The number of benzene rings is 2. The summed E-state index contributed by atoms with van der Waals surface area (Å²) in [5.74, 6) is 2.73. The van der Waals surface area contributed by atoms with Crippen LogP contribution in [0.5, 0.6) is 5.75 Å². The highest BCUT2D eigenvalue weighted by Gasteiger charge is 2.62. The molecule has 6 rings (SSSR count). The predicted molar refractivity (Wildman–Crippen MR) is 118 cm³/mol. The summed E-state index contributed by atoms with van der Waals surface area (Å²) in [5.41, 5.74) is 4.25. The van der Waals surface area contributed by atoms with Crippen LogP contribution in [0, 0.1) is 17.8 Å². The summed E-state index contributed by atoms with van der Waals surface area (Å²) < 4.78 is 24.8. The van der Waals surface area contributed by atoms with Crippen LogP contribution in [0.1, 0.15) is 48.3 Å². The summed E-state index contributed by atoms with van der Waals surface area (Å²) in [6.45, 7) is 2.09. The molecule has 2 saturated carbocycles. The van der Waals surface area contributed by atoms with Crippen LogP contribution in [0.2, 0.25) is 0 Å². The van der Waals surface area contributed by atoms with Crippen LogP contribution in [0.15, 0.2) is 48.5 Å². The quantitative estimate of drug-likeness (QED) is 0.690. The molecule has 1 spiro atoms. The Kier molecular flexibility index (Phi) is 5.05. The molecule has 164 valence electrons. The number of ether oxygens (including phenoxy) is 4. The molecule has 4 heteroatoms. The van der Waals surface area contributed by atoms with Crippen LogP contribution in [0.4, 0.5) is 0 Å². The highest BCUT2D eigenvalue weighted by Crippen LogP contribution is 2.60. The molecule has 0 aromatic heterocycles. The Bertz CT molecular complexity index is 920. The third kappa shape index (κ3) is 3.31. The topological polar surface area (TPSA) is 36.9 Å². The molecule has 1 heterocycles. The Morgan fingerprint density at radius 2 is 1.84 bits per heavy atom. The van der Waals surface area contributed by atoms with Gasteiger partial charge in [0.2, 0.25) is 0 Å². The average Bonchev–Trinajstić information content (AvgIpc) is 3.43. The molecule has 1 saturated heterocycles. The first-order valence-electron chi connectivity index (χ1n) is 11.9. The van der Waals surface area contributed by atoms with Crippen molar-refractivity contribution in [2.45, 2.75) is 56.5 Å². The van der Waals surface area contributed by atoms with Crippen LogP contribution in [-0.4, -0.2) is 32.2 Å². The summed E-state index contributed by atoms with van der Waals surface area (Å²) in [7, 11) is 1.76. The Morgan fingerprint density at radius 3 is 2.65 bits per heavy atom. The monoisotopic (exact) mass is 420 g/mol. The van der Waals surface area contributed by atoms with Crippen molar-refractivity contribution < 1.29 is 18.9 Å². The van der Waals surface area contributed by atoms with Crippen LogP contribution in [-0.2, 0) is 27.2 Å². The Hall–Kier alpha value is -1.88. The first-order valence-corrected chi connectivity index (χ1v) is 11.9. The lowest BCUT2D eigenvalue weighted by molar-refractivity contribution is -0.195. The molecule has 31 heavy (non-hydrogen) atoms. The molecule has 2 aromatic rings. The number of hydrogen-bond donors (Lipinski definition) is 0. The Morgan fingerprint density at radius 1 is 1.00 bits per heavy atom. The molecule has 0 N–H and O–H groups in total. The second kappa shape index (κ2) is 7.91. The third-order valence-corrected chi connectivity index (χ3v) is 8.32.